The molecule has 6 atom stereocenters. The van der Waals surface area contributed by atoms with E-state index in [1.807, 2.05) is 6.92 Å². The Balaban J connectivity index is 1.84. The van der Waals surface area contributed by atoms with Gasteiger partial charge in [0.1, 0.15) is 6.10 Å². The molecule has 0 saturated carbocycles. The van der Waals surface area contributed by atoms with Gasteiger partial charge in [0.15, 0.2) is 6.29 Å². The van der Waals surface area contributed by atoms with Gasteiger partial charge in [0.05, 0.1) is 24.4 Å². The molecule has 1 rings (SSSR count). The minimum Gasteiger partial charge on any atom is -0.550 e. The van der Waals surface area contributed by atoms with E-state index in [9.17, 15) is 25.2 Å². The molecule has 0 aromatic heterocycles. The Hall–Kier alpha value is -0.730. The van der Waals surface area contributed by atoms with Crippen LogP contribution in [0.15, 0.2) is 0 Å². The lowest BCUT2D eigenvalue weighted by Gasteiger charge is -2.36. The van der Waals surface area contributed by atoms with Crippen LogP contribution in [0.25, 0.3) is 0 Å². The van der Waals surface area contributed by atoms with Crippen LogP contribution in [0.4, 0.5) is 0 Å². The summed E-state index contributed by atoms with van der Waals surface area (Å²) in [4.78, 5) is 10.4. The van der Waals surface area contributed by atoms with Gasteiger partial charge in [-0.2, -0.15) is 0 Å². The van der Waals surface area contributed by atoms with Crippen LogP contribution in [0.2, 0.25) is 0 Å². The van der Waals surface area contributed by atoms with Crippen LogP contribution >= 0.6 is 0 Å². The van der Waals surface area contributed by atoms with Gasteiger partial charge < -0.3 is 34.7 Å². The van der Waals surface area contributed by atoms with Crippen molar-refractivity contribution >= 4 is 5.97 Å². The SMILES string of the molecule is C[C@H](CCCCCCCCCCCCCC[C@@H](O)CC(=O)[O-])O[C@@H]1O[C@@H](C)[C@H](O)C[C@H]1O. The highest BCUT2D eigenvalue weighted by molar-refractivity contribution is 5.64. The molecule has 0 amide bonds. The third kappa shape index (κ3) is 14.4. The molecule has 1 saturated heterocycles. The highest BCUT2D eigenvalue weighted by Gasteiger charge is 2.35. The topological polar surface area (TPSA) is 119 Å². The second-order valence-electron chi connectivity index (χ2n) is 9.58. The zero-order valence-corrected chi connectivity index (χ0v) is 20.3. The van der Waals surface area contributed by atoms with Crippen LogP contribution in [-0.4, -0.2) is 58.1 Å². The molecule has 32 heavy (non-hydrogen) atoms. The average molecular weight is 460 g/mol. The molecule has 7 heteroatoms. The number of aliphatic hydroxyl groups excluding tert-OH is 3. The molecule has 190 valence electrons. The van der Waals surface area contributed by atoms with E-state index < -0.39 is 30.6 Å². The number of carbonyl (C=O) groups is 1. The third-order valence-corrected chi connectivity index (χ3v) is 6.35. The van der Waals surface area contributed by atoms with Crippen molar-refractivity contribution in [2.75, 3.05) is 0 Å². The van der Waals surface area contributed by atoms with Gasteiger partial charge in [0, 0.05) is 18.8 Å². The van der Waals surface area contributed by atoms with Gasteiger partial charge >= 0.3 is 0 Å². The lowest BCUT2D eigenvalue weighted by atomic mass is 10.0. The number of carboxylic acid groups (broad SMARTS) is 1. The van der Waals surface area contributed by atoms with Gasteiger partial charge in [0.2, 0.25) is 0 Å². The Bertz CT molecular complexity index is 473. The first kappa shape index (κ1) is 29.3. The molecule has 0 spiro atoms. The zero-order valence-electron chi connectivity index (χ0n) is 20.3. The maximum atomic E-state index is 10.4. The quantitative estimate of drug-likeness (QED) is 0.254. The third-order valence-electron chi connectivity index (χ3n) is 6.35. The Morgan fingerprint density at radius 2 is 1.38 bits per heavy atom. The molecule has 0 aromatic carbocycles. The van der Waals surface area contributed by atoms with E-state index in [1.165, 1.54) is 51.4 Å². The number of carboxylic acids is 1. The summed E-state index contributed by atoms with van der Waals surface area (Å²) < 4.78 is 11.4. The zero-order chi connectivity index (χ0) is 23.8. The molecule has 1 aliphatic rings. The largest absolute Gasteiger partial charge is 0.550 e. The second kappa shape index (κ2) is 17.7. The van der Waals surface area contributed by atoms with E-state index in [2.05, 4.69) is 0 Å². The Kier molecular flexibility index (Phi) is 16.2. The van der Waals surface area contributed by atoms with E-state index >= 15 is 0 Å². The van der Waals surface area contributed by atoms with Crippen molar-refractivity contribution in [3.05, 3.63) is 0 Å². The first-order chi connectivity index (χ1) is 15.3. The van der Waals surface area contributed by atoms with E-state index in [4.69, 9.17) is 9.47 Å². The molecule has 1 aliphatic heterocycles. The van der Waals surface area contributed by atoms with Crippen molar-refractivity contribution in [3.8, 4) is 0 Å². The summed E-state index contributed by atoms with van der Waals surface area (Å²) >= 11 is 0. The minimum absolute atomic E-state index is 0.0366. The molecule has 0 bridgehead atoms. The van der Waals surface area contributed by atoms with Crippen molar-refractivity contribution in [3.63, 3.8) is 0 Å². The van der Waals surface area contributed by atoms with Crippen LogP contribution in [0, 0.1) is 0 Å². The highest BCUT2D eigenvalue weighted by Crippen LogP contribution is 2.23. The molecule has 0 aromatic rings. The van der Waals surface area contributed by atoms with Gasteiger partial charge in [-0.05, 0) is 26.7 Å². The van der Waals surface area contributed by atoms with E-state index in [-0.39, 0.29) is 18.6 Å². The van der Waals surface area contributed by atoms with Crippen LogP contribution in [0.3, 0.4) is 0 Å². The minimum atomic E-state index is -1.18. The average Bonchev–Trinajstić information content (AvgIpc) is 2.71. The summed E-state index contributed by atoms with van der Waals surface area (Å²) in [5.41, 5.74) is 0. The standard InChI is InChI=1S/C25H48O7/c1-19(31-25-23(28)18-22(27)20(2)32-25)15-13-11-9-7-5-3-4-6-8-10-12-14-16-21(26)17-24(29)30/h19-23,25-28H,3-18H2,1-2H3,(H,29,30)/p-1/t19-,20+,21-,22-,23-,25-/m1/s1. The monoisotopic (exact) mass is 459 g/mol. The van der Waals surface area contributed by atoms with Crippen LogP contribution in [0.5, 0.6) is 0 Å². The van der Waals surface area contributed by atoms with E-state index in [0.717, 1.165) is 32.1 Å². The molecule has 7 nitrogen and oxygen atoms in total. The second-order valence-corrected chi connectivity index (χ2v) is 9.58. The molecular weight excluding hydrogens is 412 g/mol. The van der Waals surface area contributed by atoms with Crippen LogP contribution < -0.4 is 5.11 Å². The van der Waals surface area contributed by atoms with Crippen molar-refractivity contribution in [2.24, 2.45) is 0 Å². The molecule has 3 N–H and O–H groups in total. The number of hydrogen-bond donors (Lipinski definition) is 3. The fourth-order valence-corrected chi connectivity index (χ4v) is 4.24. The number of unbranched alkanes of at least 4 members (excludes halogenated alkanes) is 11. The number of rotatable bonds is 19. The molecule has 0 unspecified atom stereocenters. The number of ether oxygens (including phenoxy) is 2. The van der Waals surface area contributed by atoms with Crippen molar-refractivity contribution < 1.29 is 34.7 Å². The highest BCUT2D eigenvalue weighted by atomic mass is 16.7. The number of aliphatic carboxylic acids is 1. The van der Waals surface area contributed by atoms with Crippen molar-refractivity contribution in [1.82, 2.24) is 0 Å². The number of aliphatic hydroxyl groups is 3. The fraction of sp³-hybridized carbons (Fsp3) is 0.960. The molecule has 0 radical (unpaired) electrons. The Morgan fingerprint density at radius 3 is 1.88 bits per heavy atom. The summed E-state index contributed by atoms with van der Waals surface area (Å²) in [7, 11) is 0. The fourth-order valence-electron chi connectivity index (χ4n) is 4.24. The summed E-state index contributed by atoms with van der Waals surface area (Å²) in [5, 5.41) is 39.5. The van der Waals surface area contributed by atoms with Gasteiger partial charge in [-0.15, -0.1) is 0 Å². The van der Waals surface area contributed by atoms with E-state index in [0.29, 0.717) is 12.8 Å². The predicted octanol–water partition coefficient (Wildman–Crippen LogP) is 3.21. The maximum absolute atomic E-state index is 10.4. The van der Waals surface area contributed by atoms with Gasteiger partial charge in [-0.3, -0.25) is 0 Å². The Labute approximate surface area is 194 Å². The van der Waals surface area contributed by atoms with Gasteiger partial charge in [-0.1, -0.05) is 77.0 Å². The van der Waals surface area contributed by atoms with Gasteiger partial charge in [0.25, 0.3) is 0 Å². The number of carbonyl (C=O) groups excluding carboxylic acids is 1. The van der Waals surface area contributed by atoms with E-state index in [1.54, 1.807) is 6.92 Å². The predicted molar refractivity (Wildman–Crippen MR) is 122 cm³/mol. The summed E-state index contributed by atoms with van der Waals surface area (Å²) in [5.74, 6) is -1.18. The maximum Gasteiger partial charge on any atom is 0.184 e. The normalized spacial score (nSPS) is 25.5. The lowest BCUT2D eigenvalue weighted by molar-refractivity contribution is -0.307. The number of hydrogen-bond acceptors (Lipinski definition) is 7. The smallest absolute Gasteiger partial charge is 0.184 e. The first-order valence-corrected chi connectivity index (χ1v) is 12.8. The van der Waals surface area contributed by atoms with Crippen molar-refractivity contribution in [1.29, 1.82) is 0 Å². The summed E-state index contributed by atoms with van der Waals surface area (Å²) in [6.07, 6.45) is 12.7. The Morgan fingerprint density at radius 1 is 0.906 bits per heavy atom. The molecule has 1 heterocycles. The summed E-state index contributed by atoms with van der Waals surface area (Å²) in [6, 6.07) is 0. The van der Waals surface area contributed by atoms with Gasteiger partial charge in [-0.25, -0.2) is 0 Å². The first-order valence-electron chi connectivity index (χ1n) is 12.8. The summed E-state index contributed by atoms with van der Waals surface area (Å²) in [6.45, 7) is 3.82. The molecule has 1 fully saturated rings. The van der Waals surface area contributed by atoms with Crippen LogP contribution in [-0.2, 0) is 14.3 Å². The lowest BCUT2D eigenvalue weighted by Crippen LogP contribution is -2.48. The molecule has 0 aliphatic carbocycles. The molecular formula is C25H47O7-. The van der Waals surface area contributed by atoms with Crippen LogP contribution in [0.1, 0.15) is 117 Å². The van der Waals surface area contributed by atoms with Crippen molar-refractivity contribution in [2.45, 2.75) is 153 Å².